The minimum atomic E-state index is 0.191. The zero-order chi connectivity index (χ0) is 18.9. The van der Waals surface area contributed by atoms with Crippen LogP contribution in [0.3, 0.4) is 0 Å². The monoisotopic (exact) mass is 377 g/mol. The maximum absolute atomic E-state index is 12.9. The molecule has 0 atom stereocenters. The molecular formula is C24H24ClNO. The molecule has 0 aliphatic rings. The molecular weight excluding hydrogens is 354 g/mol. The highest BCUT2D eigenvalue weighted by Gasteiger charge is 2.14. The number of carbonyl (C=O) groups excluding carboxylic acids is 1. The molecule has 0 aliphatic carbocycles. The number of nitrogens with zero attached hydrogens (tertiary/aromatic N) is 1. The van der Waals surface area contributed by atoms with E-state index < -0.39 is 0 Å². The molecule has 0 saturated carbocycles. The summed E-state index contributed by atoms with van der Waals surface area (Å²) in [4.78, 5) is 14.9. The van der Waals surface area contributed by atoms with Crippen molar-refractivity contribution in [2.75, 3.05) is 0 Å². The SMILES string of the molecule is O=C(CCCc1ccc(Cl)cc1)N(Cc1ccccc1)Cc1ccccc1. The minimum absolute atomic E-state index is 0.191. The molecule has 0 spiro atoms. The van der Waals surface area contributed by atoms with Gasteiger partial charge in [0.15, 0.2) is 0 Å². The number of carbonyl (C=O) groups is 1. The Morgan fingerprint density at radius 1 is 0.704 bits per heavy atom. The van der Waals surface area contributed by atoms with Crippen molar-refractivity contribution >= 4 is 17.5 Å². The highest BCUT2D eigenvalue weighted by Crippen LogP contribution is 2.15. The first-order chi connectivity index (χ1) is 13.2. The molecule has 0 unspecified atom stereocenters. The van der Waals surface area contributed by atoms with Gasteiger partial charge in [-0.15, -0.1) is 0 Å². The molecule has 3 aromatic carbocycles. The Labute approximate surface area is 166 Å². The third kappa shape index (κ3) is 6.26. The van der Waals surface area contributed by atoms with Gasteiger partial charge in [0.1, 0.15) is 0 Å². The van der Waals surface area contributed by atoms with Crippen LogP contribution in [0, 0.1) is 0 Å². The van der Waals surface area contributed by atoms with Gasteiger partial charge in [-0.3, -0.25) is 4.79 Å². The van der Waals surface area contributed by atoms with Gasteiger partial charge in [-0.1, -0.05) is 84.4 Å². The fraction of sp³-hybridized carbons (Fsp3) is 0.208. The Balaban J connectivity index is 1.61. The van der Waals surface area contributed by atoms with Gasteiger partial charge in [-0.2, -0.15) is 0 Å². The lowest BCUT2D eigenvalue weighted by atomic mass is 10.1. The first kappa shape index (κ1) is 19.2. The van der Waals surface area contributed by atoms with E-state index in [-0.39, 0.29) is 5.91 Å². The summed E-state index contributed by atoms with van der Waals surface area (Å²) in [5.74, 6) is 0.191. The molecule has 0 heterocycles. The van der Waals surface area contributed by atoms with Crippen molar-refractivity contribution in [2.24, 2.45) is 0 Å². The van der Waals surface area contributed by atoms with E-state index in [0.717, 1.165) is 29.0 Å². The van der Waals surface area contributed by atoms with E-state index in [1.54, 1.807) is 0 Å². The first-order valence-corrected chi connectivity index (χ1v) is 9.68. The third-order valence-corrected chi connectivity index (χ3v) is 4.81. The van der Waals surface area contributed by atoms with Crippen LogP contribution in [0.5, 0.6) is 0 Å². The molecule has 3 rings (SSSR count). The molecule has 138 valence electrons. The fourth-order valence-electron chi connectivity index (χ4n) is 3.09. The van der Waals surface area contributed by atoms with Gasteiger partial charge in [0.25, 0.3) is 0 Å². The lowest BCUT2D eigenvalue weighted by Gasteiger charge is -2.23. The number of halogens is 1. The van der Waals surface area contributed by atoms with Crippen LogP contribution in [0.15, 0.2) is 84.9 Å². The molecule has 27 heavy (non-hydrogen) atoms. The second-order valence-corrected chi connectivity index (χ2v) is 7.14. The standard InChI is InChI=1S/C24H24ClNO/c25-23-16-14-20(15-17-23)12-7-13-24(27)26(18-21-8-3-1-4-9-21)19-22-10-5-2-6-11-22/h1-6,8-11,14-17H,7,12-13,18-19H2. The number of hydrogen-bond donors (Lipinski definition) is 0. The van der Waals surface area contributed by atoms with Gasteiger partial charge in [0.05, 0.1) is 0 Å². The van der Waals surface area contributed by atoms with E-state index in [4.69, 9.17) is 11.6 Å². The summed E-state index contributed by atoms with van der Waals surface area (Å²) in [5.41, 5.74) is 3.52. The normalized spacial score (nSPS) is 10.6. The predicted octanol–water partition coefficient (Wildman–Crippen LogP) is 5.89. The molecule has 0 N–H and O–H groups in total. The van der Waals surface area contributed by atoms with E-state index in [9.17, 15) is 4.79 Å². The molecule has 0 bridgehead atoms. The predicted molar refractivity (Wildman–Crippen MR) is 112 cm³/mol. The quantitative estimate of drug-likeness (QED) is 0.479. The van der Waals surface area contributed by atoms with Gasteiger partial charge in [0.2, 0.25) is 5.91 Å². The van der Waals surface area contributed by atoms with Crippen LogP contribution in [-0.2, 0) is 24.3 Å². The number of aryl methyl sites for hydroxylation is 1. The number of benzene rings is 3. The van der Waals surface area contributed by atoms with E-state index in [1.165, 1.54) is 5.56 Å². The molecule has 0 radical (unpaired) electrons. The minimum Gasteiger partial charge on any atom is -0.334 e. The Kier molecular flexibility index (Phi) is 7.06. The zero-order valence-electron chi connectivity index (χ0n) is 15.4. The number of hydrogen-bond acceptors (Lipinski definition) is 1. The summed E-state index contributed by atoms with van der Waals surface area (Å²) in [6, 6.07) is 28.2. The van der Waals surface area contributed by atoms with Crippen molar-refractivity contribution in [3.63, 3.8) is 0 Å². The molecule has 3 aromatic rings. The molecule has 3 heteroatoms. The van der Waals surface area contributed by atoms with Gasteiger partial charge in [-0.05, 0) is 41.7 Å². The summed E-state index contributed by atoms with van der Waals surface area (Å²) < 4.78 is 0. The summed E-state index contributed by atoms with van der Waals surface area (Å²) in [7, 11) is 0. The van der Waals surface area contributed by atoms with Crippen molar-refractivity contribution in [2.45, 2.75) is 32.4 Å². The Morgan fingerprint density at radius 2 is 1.22 bits per heavy atom. The van der Waals surface area contributed by atoms with E-state index in [1.807, 2.05) is 65.6 Å². The van der Waals surface area contributed by atoms with E-state index in [0.29, 0.717) is 19.5 Å². The Hall–Kier alpha value is -2.58. The third-order valence-electron chi connectivity index (χ3n) is 4.55. The van der Waals surface area contributed by atoms with Crippen LogP contribution in [0.1, 0.15) is 29.5 Å². The lowest BCUT2D eigenvalue weighted by Crippen LogP contribution is -2.30. The van der Waals surface area contributed by atoms with Crippen LogP contribution in [0.4, 0.5) is 0 Å². The maximum Gasteiger partial charge on any atom is 0.223 e. The molecule has 0 saturated heterocycles. The summed E-state index contributed by atoms with van der Waals surface area (Å²) in [5, 5.41) is 0.742. The Morgan fingerprint density at radius 3 is 1.74 bits per heavy atom. The van der Waals surface area contributed by atoms with Crippen molar-refractivity contribution in [3.05, 3.63) is 107 Å². The highest BCUT2D eigenvalue weighted by molar-refractivity contribution is 6.30. The van der Waals surface area contributed by atoms with Crippen molar-refractivity contribution in [1.29, 1.82) is 0 Å². The smallest absolute Gasteiger partial charge is 0.223 e. The Bertz CT molecular complexity index is 790. The van der Waals surface area contributed by atoms with Gasteiger partial charge >= 0.3 is 0 Å². The average Bonchev–Trinajstić information content (AvgIpc) is 2.70. The second-order valence-electron chi connectivity index (χ2n) is 6.70. The van der Waals surface area contributed by atoms with Crippen molar-refractivity contribution in [1.82, 2.24) is 4.90 Å². The van der Waals surface area contributed by atoms with Gasteiger partial charge < -0.3 is 4.90 Å². The van der Waals surface area contributed by atoms with E-state index in [2.05, 4.69) is 24.3 Å². The molecule has 2 nitrogen and oxygen atoms in total. The molecule has 0 fully saturated rings. The summed E-state index contributed by atoms with van der Waals surface area (Å²) in [6.07, 6.45) is 2.26. The lowest BCUT2D eigenvalue weighted by molar-refractivity contribution is -0.132. The van der Waals surface area contributed by atoms with Gasteiger partial charge in [0, 0.05) is 24.5 Å². The van der Waals surface area contributed by atoms with E-state index >= 15 is 0 Å². The number of rotatable bonds is 8. The van der Waals surface area contributed by atoms with Crippen molar-refractivity contribution < 1.29 is 4.79 Å². The second kappa shape index (κ2) is 9.94. The summed E-state index contributed by atoms with van der Waals surface area (Å²) in [6.45, 7) is 1.27. The van der Waals surface area contributed by atoms with Crippen LogP contribution in [0.25, 0.3) is 0 Å². The summed E-state index contributed by atoms with van der Waals surface area (Å²) >= 11 is 5.93. The topological polar surface area (TPSA) is 20.3 Å². The van der Waals surface area contributed by atoms with Crippen LogP contribution >= 0.6 is 11.6 Å². The van der Waals surface area contributed by atoms with Crippen LogP contribution in [-0.4, -0.2) is 10.8 Å². The average molecular weight is 378 g/mol. The molecule has 0 aliphatic heterocycles. The molecule has 1 amide bonds. The van der Waals surface area contributed by atoms with Crippen molar-refractivity contribution in [3.8, 4) is 0 Å². The fourth-order valence-corrected chi connectivity index (χ4v) is 3.22. The maximum atomic E-state index is 12.9. The van der Waals surface area contributed by atoms with Crippen LogP contribution < -0.4 is 0 Å². The zero-order valence-corrected chi connectivity index (χ0v) is 16.1. The highest BCUT2D eigenvalue weighted by atomic mass is 35.5. The van der Waals surface area contributed by atoms with Gasteiger partial charge in [-0.25, -0.2) is 0 Å². The largest absolute Gasteiger partial charge is 0.334 e. The first-order valence-electron chi connectivity index (χ1n) is 9.31. The number of amides is 1. The van der Waals surface area contributed by atoms with Crippen LogP contribution in [0.2, 0.25) is 5.02 Å². The molecule has 0 aromatic heterocycles.